The first kappa shape index (κ1) is 10.7. The van der Waals surface area contributed by atoms with Crippen LogP contribution in [0.15, 0.2) is 29.2 Å². The van der Waals surface area contributed by atoms with Crippen molar-refractivity contribution in [2.75, 3.05) is 19.5 Å². The molecular formula is C12H14O2S. The van der Waals surface area contributed by atoms with Crippen molar-refractivity contribution in [3.05, 3.63) is 29.8 Å². The normalized spacial score (nSPS) is 18.3. The van der Waals surface area contributed by atoms with Crippen molar-refractivity contribution in [1.82, 2.24) is 0 Å². The summed E-state index contributed by atoms with van der Waals surface area (Å²) in [4.78, 5) is 12.8. The Balaban J connectivity index is 2.31. The topological polar surface area (TPSA) is 26.3 Å². The first-order chi connectivity index (χ1) is 7.19. The molecule has 2 rings (SSSR count). The summed E-state index contributed by atoms with van der Waals surface area (Å²) in [5, 5.41) is 0. The molecule has 0 N–H and O–H groups in total. The fraction of sp³-hybridized carbons (Fsp3) is 0.417. The molecule has 0 amide bonds. The maximum atomic E-state index is 11.6. The van der Waals surface area contributed by atoms with Gasteiger partial charge in [-0.3, -0.25) is 4.79 Å². The van der Waals surface area contributed by atoms with E-state index in [4.69, 9.17) is 4.74 Å². The molecule has 80 valence electrons. The fourth-order valence-electron chi connectivity index (χ4n) is 1.79. The van der Waals surface area contributed by atoms with Crippen LogP contribution in [0.3, 0.4) is 0 Å². The average molecular weight is 222 g/mol. The summed E-state index contributed by atoms with van der Waals surface area (Å²) < 4.78 is 5.18. The number of hydrogen-bond acceptors (Lipinski definition) is 3. The van der Waals surface area contributed by atoms with Crippen molar-refractivity contribution in [3.8, 4) is 0 Å². The van der Waals surface area contributed by atoms with Crippen molar-refractivity contribution in [2.24, 2.45) is 0 Å². The Bertz CT molecular complexity index is 366. The highest BCUT2D eigenvalue weighted by Gasteiger charge is 2.44. The first-order valence-electron chi connectivity index (χ1n) is 4.92. The van der Waals surface area contributed by atoms with E-state index in [1.807, 2.05) is 18.4 Å². The van der Waals surface area contributed by atoms with Crippen LogP contribution in [-0.4, -0.2) is 25.3 Å². The molecule has 0 aliphatic carbocycles. The van der Waals surface area contributed by atoms with Crippen LogP contribution >= 0.6 is 11.8 Å². The number of carbonyl (C=O) groups is 1. The van der Waals surface area contributed by atoms with Gasteiger partial charge < -0.3 is 4.74 Å². The van der Waals surface area contributed by atoms with E-state index in [-0.39, 0.29) is 11.2 Å². The van der Waals surface area contributed by atoms with Gasteiger partial charge in [0, 0.05) is 4.90 Å². The fourth-order valence-corrected chi connectivity index (χ4v) is 2.20. The number of Topliss-reactive ketones (excluding diaryl/α,β-unsaturated/α-hetero) is 1. The van der Waals surface area contributed by atoms with E-state index in [1.165, 1.54) is 4.90 Å². The molecule has 0 bridgehead atoms. The molecule has 1 aliphatic rings. The maximum Gasteiger partial charge on any atom is 0.145 e. The molecule has 0 atom stereocenters. The minimum atomic E-state index is -0.364. The van der Waals surface area contributed by atoms with Crippen LogP contribution in [-0.2, 0) is 14.9 Å². The number of thioether (sulfide) groups is 1. The second kappa shape index (κ2) is 3.99. The molecule has 1 aromatic carbocycles. The van der Waals surface area contributed by atoms with Gasteiger partial charge in [0.15, 0.2) is 0 Å². The largest absolute Gasteiger partial charge is 0.378 e. The minimum Gasteiger partial charge on any atom is -0.378 e. The third-order valence-corrected chi connectivity index (χ3v) is 3.76. The van der Waals surface area contributed by atoms with E-state index < -0.39 is 0 Å². The molecule has 2 nitrogen and oxygen atoms in total. The van der Waals surface area contributed by atoms with Crippen molar-refractivity contribution in [1.29, 1.82) is 0 Å². The molecule has 15 heavy (non-hydrogen) atoms. The van der Waals surface area contributed by atoms with Gasteiger partial charge in [0.1, 0.15) is 11.2 Å². The molecule has 1 aliphatic heterocycles. The van der Waals surface area contributed by atoms with Gasteiger partial charge >= 0.3 is 0 Å². The Labute approximate surface area is 94.0 Å². The number of carbonyl (C=O) groups excluding carboxylic acids is 1. The highest BCUT2D eigenvalue weighted by molar-refractivity contribution is 7.98. The lowest BCUT2D eigenvalue weighted by atomic mass is 9.75. The lowest BCUT2D eigenvalue weighted by molar-refractivity contribution is -0.140. The van der Waals surface area contributed by atoms with Gasteiger partial charge in [0.05, 0.1) is 13.2 Å². The first-order valence-corrected chi connectivity index (χ1v) is 6.15. The van der Waals surface area contributed by atoms with Crippen LogP contribution in [0.5, 0.6) is 0 Å². The number of hydrogen-bond donors (Lipinski definition) is 0. The SMILES string of the molecule is CSc1ccc(C2(C(C)=O)COC2)cc1. The highest BCUT2D eigenvalue weighted by atomic mass is 32.2. The average Bonchev–Trinajstić information content (AvgIpc) is 2.16. The Hall–Kier alpha value is -0.800. The quantitative estimate of drug-likeness (QED) is 0.734. The standard InChI is InChI=1S/C12H14O2S/c1-9(13)12(7-14-8-12)10-3-5-11(15-2)6-4-10/h3-6H,7-8H2,1-2H3. The van der Waals surface area contributed by atoms with Crippen molar-refractivity contribution >= 4 is 17.5 Å². The number of benzene rings is 1. The molecule has 3 heteroatoms. The number of ether oxygens (including phenoxy) is 1. The van der Waals surface area contributed by atoms with Gasteiger partial charge in [0.25, 0.3) is 0 Å². The lowest BCUT2D eigenvalue weighted by Crippen LogP contribution is -2.52. The molecule has 0 radical (unpaired) electrons. The zero-order chi connectivity index (χ0) is 10.9. The van der Waals surface area contributed by atoms with Gasteiger partial charge in [-0.1, -0.05) is 12.1 Å². The molecule has 0 unspecified atom stereocenters. The molecule has 1 fully saturated rings. The summed E-state index contributed by atoms with van der Waals surface area (Å²) in [5.74, 6) is 0.200. The van der Waals surface area contributed by atoms with E-state index in [2.05, 4.69) is 12.1 Å². The van der Waals surface area contributed by atoms with Crippen LogP contribution in [0.2, 0.25) is 0 Å². The van der Waals surface area contributed by atoms with Crippen LogP contribution in [0, 0.1) is 0 Å². The molecule has 1 aromatic rings. The molecule has 1 saturated heterocycles. The summed E-state index contributed by atoms with van der Waals surface area (Å²) in [6, 6.07) is 8.19. The molecular weight excluding hydrogens is 208 g/mol. The van der Waals surface area contributed by atoms with Gasteiger partial charge in [-0.2, -0.15) is 0 Å². The smallest absolute Gasteiger partial charge is 0.145 e. The van der Waals surface area contributed by atoms with E-state index in [0.717, 1.165) is 5.56 Å². The van der Waals surface area contributed by atoms with Gasteiger partial charge in [0.2, 0.25) is 0 Å². The Morgan fingerprint density at radius 2 is 1.93 bits per heavy atom. The second-order valence-corrected chi connectivity index (χ2v) is 4.74. The monoisotopic (exact) mass is 222 g/mol. The number of rotatable bonds is 3. The van der Waals surface area contributed by atoms with Gasteiger partial charge in [-0.05, 0) is 30.9 Å². The van der Waals surface area contributed by atoms with Crippen molar-refractivity contribution in [2.45, 2.75) is 17.2 Å². The van der Waals surface area contributed by atoms with E-state index >= 15 is 0 Å². The molecule has 0 aromatic heterocycles. The molecule has 0 saturated carbocycles. The molecule has 1 heterocycles. The Kier molecular flexibility index (Phi) is 2.85. The van der Waals surface area contributed by atoms with E-state index in [1.54, 1.807) is 18.7 Å². The highest BCUT2D eigenvalue weighted by Crippen LogP contribution is 2.34. The van der Waals surface area contributed by atoms with Gasteiger partial charge in [-0.25, -0.2) is 0 Å². The van der Waals surface area contributed by atoms with E-state index in [0.29, 0.717) is 13.2 Å². The van der Waals surface area contributed by atoms with E-state index in [9.17, 15) is 4.79 Å². The summed E-state index contributed by atoms with van der Waals surface area (Å²) >= 11 is 1.71. The Morgan fingerprint density at radius 1 is 1.33 bits per heavy atom. The maximum absolute atomic E-state index is 11.6. The lowest BCUT2D eigenvalue weighted by Gasteiger charge is -2.39. The zero-order valence-corrected chi connectivity index (χ0v) is 9.76. The molecule has 0 spiro atoms. The third kappa shape index (κ3) is 1.70. The predicted octanol–water partition coefficient (Wildman–Crippen LogP) is 2.27. The minimum absolute atomic E-state index is 0.200. The number of ketones is 1. The second-order valence-electron chi connectivity index (χ2n) is 3.86. The zero-order valence-electron chi connectivity index (χ0n) is 8.95. The third-order valence-electron chi connectivity index (χ3n) is 3.01. The van der Waals surface area contributed by atoms with Crippen LogP contribution in [0.4, 0.5) is 0 Å². The summed E-state index contributed by atoms with van der Waals surface area (Å²) in [7, 11) is 0. The van der Waals surface area contributed by atoms with Crippen LogP contribution < -0.4 is 0 Å². The van der Waals surface area contributed by atoms with Crippen molar-refractivity contribution < 1.29 is 9.53 Å². The van der Waals surface area contributed by atoms with Crippen LogP contribution in [0.25, 0.3) is 0 Å². The summed E-state index contributed by atoms with van der Waals surface area (Å²) in [6.45, 7) is 2.70. The van der Waals surface area contributed by atoms with Crippen LogP contribution in [0.1, 0.15) is 12.5 Å². The van der Waals surface area contributed by atoms with Gasteiger partial charge in [-0.15, -0.1) is 11.8 Å². The van der Waals surface area contributed by atoms with Crippen molar-refractivity contribution in [3.63, 3.8) is 0 Å². The Morgan fingerprint density at radius 3 is 2.27 bits per heavy atom. The predicted molar refractivity (Wildman–Crippen MR) is 61.4 cm³/mol. The summed E-state index contributed by atoms with van der Waals surface area (Å²) in [5.41, 5.74) is 0.718. The summed E-state index contributed by atoms with van der Waals surface area (Å²) in [6.07, 6.45) is 2.04.